The second kappa shape index (κ2) is 8.79. The van der Waals surface area contributed by atoms with Crippen LogP contribution in [0.25, 0.3) is 0 Å². The first-order chi connectivity index (χ1) is 13.1. The van der Waals surface area contributed by atoms with E-state index in [0.717, 1.165) is 36.2 Å². The molecule has 7 nitrogen and oxygen atoms in total. The molecule has 2 heterocycles. The lowest BCUT2D eigenvalue weighted by molar-refractivity contribution is 0.324. The molecule has 3 rings (SSSR count). The van der Waals surface area contributed by atoms with Gasteiger partial charge in [-0.25, -0.2) is 9.97 Å². The summed E-state index contributed by atoms with van der Waals surface area (Å²) in [5.74, 6) is 4.22. The van der Waals surface area contributed by atoms with Gasteiger partial charge in [0.05, 0.1) is 21.3 Å². The topological polar surface area (TPSA) is 68.7 Å². The Morgan fingerprint density at radius 1 is 0.852 bits per heavy atom. The zero-order valence-corrected chi connectivity index (χ0v) is 16.5. The maximum atomic E-state index is 5.43. The molecule has 1 saturated heterocycles. The van der Waals surface area contributed by atoms with Crippen LogP contribution in [0.5, 0.6) is 17.2 Å². The molecule has 2 aromatic rings. The minimum atomic E-state index is 0.565. The van der Waals surface area contributed by atoms with Gasteiger partial charge in [-0.05, 0) is 19.8 Å². The van der Waals surface area contributed by atoms with Gasteiger partial charge in [-0.3, -0.25) is 0 Å². The highest BCUT2D eigenvalue weighted by Crippen LogP contribution is 2.40. The van der Waals surface area contributed by atoms with Crippen molar-refractivity contribution >= 4 is 17.3 Å². The Labute approximate surface area is 160 Å². The molecule has 1 aliphatic rings. The molecule has 0 spiro atoms. The molecular weight excluding hydrogens is 344 g/mol. The lowest BCUT2D eigenvalue weighted by Crippen LogP contribution is -2.25. The van der Waals surface area contributed by atoms with Gasteiger partial charge in [0.1, 0.15) is 17.5 Å². The van der Waals surface area contributed by atoms with Crippen LogP contribution in [-0.4, -0.2) is 44.4 Å². The quantitative estimate of drug-likeness (QED) is 0.824. The van der Waals surface area contributed by atoms with Crippen LogP contribution >= 0.6 is 0 Å². The summed E-state index contributed by atoms with van der Waals surface area (Å²) in [5, 5.41) is 3.35. The van der Waals surface area contributed by atoms with Gasteiger partial charge in [0.2, 0.25) is 5.75 Å². The smallest absolute Gasteiger partial charge is 0.203 e. The van der Waals surface area contributed by atoms with Crippen LogP contribution < -0.4 is 24.4 Å². The van der Waals surface area contributed by atoms with Crippen LogP contribution in [0, 0.1) is 6.92 Å². The van der Waals surface area contributed by atoms with Crippen molar-refractivity contribution in [2.45, 2.75) is 32.6 Å². The van der Waals surface area contributed by atoms with E-state index >= 15 is 0 Å². The lowest BCUT2D eigenvalue weighted by Gasteiger charge is -2.22. The summed E-state index contributed by atoms with van der Waals surface area (Å²) in [4.78, 5) is 11.5. The number of hydrogen-bond donors (Lipinski definition) is 1. The molecule has 146 valence electrons. The van der Waals surface area contributed by atoms with Crippen LogP contribution in [0.2, 0.25) is 0 Å². The predicted molar refractivity (Wildman–Crippen MR) is 107 cm³/mol. The number of nitrogens with one attached hydrogen (secondary N) is 1. The number of hydrogen-bond acceptors (Lipinski definition) is 7. The second-order valence-electron chi connectivity index (χ2n) is 6.60. The zero-order valence-electron chi connectivity index (χ0n) is 16.5. The molecule has 0 bridgehead atoms. The average molecular weight is 372 g/mol. The summed E-state index contributed by atoms with van der Waals surface area (Å²) in [7, 11) is 4.80. The highest BCUT2D eigenvalue weighted by molar-refractivity contribution is 5.67. The van der Waals surface area contributed by atoms with E-state index in [1.807, 2.05) is 25.1 Å². The summed E-state index contributed by atoms with van der Waals surface area (Å²) in [6.45, 7) is 4.00. The fraction of sp³-hybridized carbons (Fsp3) is 0.500. The van der Waals surface area contributed by atoms with Gasteiger partial charge < -0.3 is 24.4 Å². The van der Waals surface area contributed by atoms with E-state index in [2.05, 4.69) is 20.2 Å². The minimum absolute atomic E-state index is 0.565. The number of anilines is 3. The molecule has 0 saturated carbocycles. The third-order valence-electron chi connectivity index (χ3n) is 4.69. The number of benzene rings is 1. The van der Waals surface area contributed by atoms with Crippen LogP contribution in [0.3, 0.4) is 0 Å². The molecule has 0 aliphatic carbocycles. The second-order valence-corrected chi connectivity index (χ2v) is 6.60. The number of rotatable bonds is 6. The largest absolute Gasteiger partial charge is 0.493 e. The maximum Gasteiger partial charge on any atom is 0.203 e. The van der Waals surface area contributed by atoms with E-state index in [4.69, 9.17) is 14.2 Å². The van der Waals surface area contributed by atoms with Crippen molar-refractivity contribution in [1.29, 1.82) is 0 Å². The van der Waals surface area contributed by atoms with Crippen molar-refractivity contribution in [1.82, 2.24) is 9.97 Å². The van der Waals surface area contributed by atoms with Crippen molar-refractivity contribution in [3.8, 4) is 17.2 Å². The van der Waals surface area contributed by atoms with Crippen molar-refractivity contribution < 1.29 is 14.2 Å². The summed E-state index contributed by atoms with van der Waals surface area (Å²) >= 11 is 0. The predicted octanol–water partition coefficient (Wildman–Crippen LogP) is 3.93. The molecule has 7 heteroatoms. The molecule has 0 atom stereocenters. The van der Waals surface area contributed by atoms with E-state index in [0.29, 0.717) is 17.2 Å². The first kappa shape index (κ1) is 19.1. The Morgan fingerprint density at radius 2 is 1.48 bits per heavy atom. The Hall–Kier alpha value is -2.70. The third-order valence-corrected chi connectivity index (χ3v) is 4.69. The highest BCUT2D eigenvalue weighted by atomic mass is 16.5. The molecule has 27 heavy (non-hydrogen) atoms. The molecule has 0 unspecified atom stereocenters. The monoisotopic (exact) mass is 372 g/mol. The maximum absolute atomic E-state index is 5.43. The molecule has 0 radical (unpaired) electrons. The van der Waals surface area contributed by atoms with Gasteiger partial charge in [-0.15, -0.1) is 0 Å². The third kappa shape index (κ3) is 4.53. The minimum Gasteiger partial charge on any atom is -0.493 e. The van der Waals surface area contributed by atoms with Crippen molar-refractivity contribution in [3.63, 3.8) is 0 Å². The fourth-order valence-electron chi connectivity index (χ4n) is 3.38. The first-order valence-electron chi connectivity index (χ1n) is 9.32. The Kier molecular flexibility index (Phi) is 6.21. The molecule has 1 aromatic carbocycles. The van der Waals surface area contributed by atoms with Crippen LogP contribution in [0.4, 0.5) is 17.3 Å². The number of aromatic nitrogens is 2. The van der Waals surface area contributed by atoms with Gasteiger partial charge in [-0.1, -0.05) is 12.8 Å². The molecular formula is C20H28N4O3. The molecule has 0 amide bonds. The highest BCUT2D eigenvalue weighted by Gasteiger charge is 2.16. The summed E-state index contributed by atoms with van der Waals surface area (Å²) in [5.41, 5.74) is 0.810. The molecule has 1 aliphatic heterocycles. The molecule has 1 aromatic heterocycles. The zero-order chi connectivity index (χ0) is 19.2. The molecule has 1 N–H and O–H groups in total. The summed E-state index contributed by atoms with van der Waals surface area (Å²) < 4.78 is 16.2. The van der Waals surface area contributed by atoms with Gasteiger partial charge in [0.25, 0.3) is 0 Å². The van der Waals surface area contributed by atoms with Crippen molar-refractivity contribution in [2.24, 2.45) is 0 Å². The van der Waals surface area contributed by atoms with Crippen molar-refractivity contribution in [2.75, 3.05) is 44.6 Å². The number of nitrogens with zero attached hydrogens (tertiary/aromatic N) is 3. The fourth-order valence-corrected chi connectivity index (χ4v) is 3.38. The Bertz CT molecular complexity index is 749. The lowest BCUT2D eigenvalue weighted by atomic mass is 10.2. The van der Waals surface area contributed by atoms with Gasteiger partial charge in [-0.2, -0.15) is 0 Å². The van der Waals surface area contributed by atoms with E-state index < -0.39 is 0 Å². The van der Waals surface area contributed by atoms with Gasteiger partial charge >= 0.3 is 0 Å². The normalized spacial score (nSPS) is 14.4. The Balaban J connectivity index is 1.89. The van der Waals surface area contributed by atoms with Crippen LogP contribution in [-0.2, 0) is 0 Å². The van der Waals surface area contributed by atoms with E-state index in [1.54, 1.807) is 21.3 Å². The van der Waals surface area contributed by atoms with E-state index in [1.165, 1.54) is 25.7 Å². The molecule has 1 fully saturated rings. The number of ether oxygens (including phenoxy) is 3. The van der Waals surface area contributed by atoms with Crippen LogP contribution in [0.1, 0.15) is 31.5 Å². The summed E-state index contributed by atoms with van der Waals surface area (Å²) in [6, 6.07) is 5.73. The van der Waals surface area contributed by atoms with Crippen LogP contribution in [0.15, 0.2) is 18.2 Å². The first-order valence-corrected chi connectivity index (χ1v) is 9.32. The van der Waals surface area contributed by atoms with E-state index in [9.17, 15) is 0 Å². The standard InChI is InChI=1S/C20H28N4O3/c1-14-21-18(13-19(22-14)24-9-7-5-6-8-10-24)23-15-11-16(25-2)20(27-4)17(12-15)26-3/h11-13H,5-10H2,1-4H3,(H,21,22,23). The average Bonchev–Trinajstić information content (AvgIpc) is 2.96. The van der Waals surface area contributed by atoms with Gasteiger partial charge in [0.15, 0.2) is 11.5 Å². The SMILES string of the molecule is COc1cc(Nc2cc(N3CCCCCC3)nc(C)n2)cc(OC)c1OC. The summed E-state index contributed by atoms with van der Waals surface area (Å²) in [6.07, 6.45) is 4.99. The van der Waals surface area contributed by atoms with E-state index in [-0.39, 0.29) is 0 Å². The van der Waals surface area contributed by atoms with Crippen molar-refractivity contribution in [3.05, 3.63) is 24.0 Å². The number of methoxy groups -OCH3 is 3. The van der Waals surface area contributed by atoms with Gasteiger partial charge in [0, 0.05) is 37.0 Å². The number of aryl methyl sites for hydroxylation is 1. The Morgan fingerprint density at radius 3 is 2.04 bits per heavy atom.